The second-order valence-electron chi connectivity index (χ2n) is 1.56. The normalized spacial score (nSPS) is 27.9. The zero-order chi connectivity index (χ0) is 5.82. The quantitative estimate of drug-likeness (QED) is 0.418. The minimum absolute atomic E-state index is 0.353. The molecule has 0 amide bonds. The molecule has 0 spiro atoms. The summed E-state index contributed by atoms with van der Waals surface area (Å²) in [4.78, 5) is 4.96. The molecule has 0 aromatic carbocycles. The first-order valence-corrected chi connectivity index (χ1v) is 3.74. The van der Waals surface area contributed by atoms with Crippen LogP contribution < -0.4 is 0 Å². The Hall–Kier alpha value is -0.180. The van der Waals surface area contributed by atoms with Gasteiger partial charge in [0.15, 0.2) is 5.44 Å². The Kier molecular flexibility index (Phi) is 2.21. The molecule has 0 N–H and O–H groups in total. The molecular formula is C5H9NOS. The van der Waals surface area contributed by atoms with Crippen molar-refractivity contribution in [2.24, 2.45) is 5.16 Å². The molecule has 3 heteroatoms. The van der Waals surface area contributed by atoms with Crippen molar-refractivity contribution in [2.45, 2.75) is 18.8 Å². The second-order valence-corrected chi connectivity index (χ2v) is 2.83. The van der Waals surface area contributed by atoms with E-state index >= 15 is 0 Å². The number of hydrogen-bond donors (Lipinski definition) is 0. The summed E-state index contributed by atoms with van der Waals surface area (Å²) in [6.45, 7) is 1.85. The minimum atomic E-state index is 0.353. The molecule has 1 aliphatic heterocycles. The van der Waals surface area contributed by atoms with Crippen LogP contribution in [0.25, 0.3) is 0 Å². The number of hydrogen-bond acceptors (Lipinski definition) is 3. The average molecular weight is 131 g/mol. The molecule has 8 heavy (non-hydrogen) atoms. The first-order valence-electron chi connectivity index (χ1n) is 2.69. The molecule has 0 aliphatic carbocycles. The molecule has 1 unspecified atom stereocenters. The van der Waals surface area contributed by atoms with Crippen molar-refractivity contribution >= 4 is 18.0 Å². The summed E-state index contributed by atoms with van der Waals surface area (Å²) in [5.41, 5.74) is 0.353. The van der Waals surface area contributed by atoms with Gasteiger partial charge in [-0.15, -0.1) is 11.8 Å². The number of thioether (sulfide) groups is 1. The van der Waals surface area contributed by atoms with Gasteiger partial charge in [0.1, 0.15) is 0 Å². The maximum atomic E-state index is 4.96. The van der Waals surface area contributed by atoms with E-state index in [1.165, 1.54) is 5.75 Å². The highest BCUT2D eigenvalue weighted by molar-refractivity contribution is 8.01. The SMILES string of the molecule is CC=NOC1CCS1. The molecule has 1 saturated heterocycles. The van der Waals surface area contributed by atoms with E-state index in [0.717, 1.165) is 6.42 Å². The van der Waals surface area contributed by atoms with Crippen LogP contribution in [0, 0.1) is 0 Å². The van der Waals surface area contributed by atoms with Crippen molar-refractivity contribution in [3.8, 4) is 0 Å². The molecule has 1 aliphatic rings. The monoisotopic (exact) mass is 131 g/mol. The second kappa shape index (κ2) is 2.97. The third kappa shape index (κ3) is 1.40. The van der Waals surface area contributed by atoms with Gasteiger partial charge in [-0.1, -0.05) is 5.16 Å². The van der Waals surface area contributed by atoms with Crippen LogP contribution >= 0.6 is 11.8 Å². The zero-order valence-corrected chi connectivity index (χ0v) is 5.65. The molecule has 46 valence electrons. The Morgan fingerprint density at radius 1 is 1.88 bits per heavy atom. The van der Waals surface area contributed by atoms with Gasteiger partial charge in [0.25, 0.3) is 0 Å². The summed E-state index contributed by atoms with van der Waals surface area (Å²) in [6.07, 6.45) is 2.82. The third-order valence-electron chi connectivity index (χ3n) is 0.941. The first kappa shape index (κ1) is 5.95. The van der Waals surface area contributed by atoms with Gasteiger partial charge in [0.05, 0.1) is 0 Å². The van der Waals surface area contributed by atoms with Gasteiger partial charge in [-0.25, -0.2) is 0 Å². The average Bonchev–Trinajstić information content (AvgIpc) is 1.63. The summed E-state index contributed by atoms with van der Waals surface area (Å²) >= 11 is 1.81. The summed E-state index contributed by atoms with van der Waals surface area (Å²) in [7, 11) is 0. The van der Waals surface area contributed by atoms with Crippen LogP contribution in [0.2, 0.25) is 0 Å². The largest absolute Gasteiger partial charge is 0.382 e. The van der Waals surface area contributed by atoms with Gasteiger partial charge < -0.3 is 4.84 Å². The molecular weight excluding hydrogens is 122 g/mol. The summed E-state index contributed by atoms with van der Waals surface area (Å²) in [6, 6.07) is 0. The van der Waals surface area contributed by atoms with Crippen molar-refractivity contribution in [3.63, 3.8) is 0 Å². The smallest absolute Gasteiger partial charge is 0.173 e. The highest BCUT2D eigenvalue weighted by Gasteiger charge is 2.18. The topological polar surface area (TPSA) is 21.6 Å². The number of oxime groups is 1. The predicted octanol–water partition coefficient (Wildman–Crippen LogP) is 1.47. The van der Waals surface area contributed by atoms with E-state index < -0.39 is 0 Å². The summed E-state index contributed by atoms with van der Waals surface area (Å²) < 4.78 is 0. The molecule has 1 fully saturated rings. The van der Waals surface area contributed by atoms with E-state index in [1.807, 2.05) is 18.7 Å². The summed E-state index contributed by atoms with van der Waals surface area (Å²) in [5, 5.41) is 3.65. The van der Waals surface area contributed by atoms with E-state index in [0.29, 0.717) is 5.44 Å². The Morgan fingerprint density at radius 3 is 3.00 bits per heavy atom. The lowest BCUT2D eigenvalue weighted by molar-refractivity contribution is 0.112. The van der Waals surface area contributed by atoms with Gasteiger partial charge in [-0.2, -0.15) is 0 Å². The third-order valence-corrected chi connectivity index (χ3v) is 2.11. The Balaban J connectivity index is 2.01. The molecule has 0 bridgehead atoms. The lowest BCUT2D eigenvalue weighted by Crippen LogP contribution is -2.16. The van der Waals surface area contributed by atoms with Crippen molar-refractivity contribution < 1.29 is 4.84 Å². The fourth-order valence-electron chi connectivity index (χ4n) is 0.426. The standard InChI is InChI=1S/C5H9NOS/c1-2-6-7-5-3-4-8-5/h2,5H,3-4H2,1H3. The Bertz CT molecular complexity index is 90.4. The van der Waals surface area contributed by atoms with E-state index in [9.17, 15) is 0 Å². The Labute approximate surface area is 53.3 Å². The van der Waals surface area contributed by atoms with Gasteiger partial charge in [0, 0.05) is 18.4 Å². The van der Waals surface area contributed by atoms with Gasteiger partial charge in [-0.3, -0.25) is 0 Å². The Morgan fingerprint density at radius 2 is 2.62 bits per heavy atom. The van der Waals surface area contributed by atoms with E-state index in [-0.39, 0.29) is 0 Å². The van der Waals surface area contributed by atoms with Gasteiger partial charge in [0.2, 0.25) is 0 Å². The lowest BCUT2D eigenvalue weighted by atomic mass is 10.5. The van der Waals surface area contributed by atoms with Gasteiger partial charge >= 0.3 is 0 Å². The van der Waals surface area contributed by atoms with Crippen LogP contribution in [0.1, 0.15) is 13.3 Å². The highest BCUT2D eigenvalue weighted by Crippen LogP contribution is 2.28. The van der Waals surface area contributed by atoms with Crippen LogP contribution in [0.3, 0.4) is 0 Å². The maximum Gasteiger partial charge on any atom is 0.173 e. The molecule has 1 heterocycles. The molecule has 2 nitrogen and oxygen atoms in total. The van der Waals surface area contributed by atoms with Crippen LogP contribution in [0.15, 0.2) is 5.16 Å². The molecule has 0 saturated carbocycles. The van der Waals surface area contributed by atoms with Crippen molar-refractivity contribution in [2.75, 3.05) is 5.75 Å². The van der Waals surface area contributed by atoms with Gasteiger partial charge in [-0.05, 0) is 6.92 Å². The predicted molar refractivity (Wildman–Crippen MR) is 36.1 cm³/mol. The first-order chi connectivity index (χ1) is 3.93. The van der Waals surface area contributed by atoms with Crippen LogP contribution in [-0.4, -0.2) is 17.4 Å². The highest BCUT2D eigenvalue weighted by atomic mass is 32.2. The molecule has 0 aromatic rings. The molecule has 0 radical (unpaired) electrons. The maximum absolute atomic E-state index is 4.96. The van der Waals surface area contributed by atoms with E-state index in [1.54, 1.807) is 6.21 Å². The zero-order valence-electron chi connectivity index (χ0n) is 4.83. The number of nitrogens with zero attached hydrogens (tertiary/aromatic N) is 1. The summed E-state index contributed by atoms with van der Waals surface area (Å²) in [5.74, 6) is 1.23. The molecule has 0 aromatic heterocycles. The van der Waals surface area contributed by atoms with Crippen molar-refractivity contribution in [1.29, 1.82) is 0 Å². The van der Waals surface area contributed by atoms with E-state index in [4.69, 9.17) is 4.84 Å². The lowest BCUT2D eigenvalue weighted by Gasteiger charge is -2.21. The van der Waals surface area contributed by atoms with Crippen molar-refractivity contribution in [3.05, 3.63) is 0 Å². The van der Waals surface area contributed by atoms with Crippen molar-refractivity contribution in [1.82, 2.24) is 0 Å². The van der Waals surface area contributed by atoms with Crippen LogP contribution in [-0.2, 0) is 4.84 Å². The van der Waals surface area contributed by atoms with E-state index in [2.05, 4.69) is 5.16 Å². The van der Waals surface area contributed by atoms with Crippen LogP contribution in [0.5, 0.6) is 0 Å². The van der Waals surface area contributed by atoms with Crippen LogP contribution in [0.4, 0.5) is 0 Å². The molecule has 1 rings (SSSR count). The molecule has 1 atom stereocenters. The minimum Gasteiger partial charge on any atom is -0.382 e. The fourth-order valence-corrected chi connectivity index (χ4v) is 0.965. The number of rotatable bonds is 2. The fraction of sp³-hybridized carbons (Fsp3) is 0.800.